The fourth-order valence-electron chi connectivity index (χ4n) is 7.93. The number of hydrogen-bond acceptors (Lipinski definition) is 2. The molecule has 2 saturated carbocycles. The molecule has 4 rings (SSSR count). The van der Waals surface area contributed by atoms with Crippen LogP contribution in [0.3, 0.4) is 0 Å². The number of hydrogen-bond donors (Lipinski definition) is 1. The van der Waals surface area contributed by atoms with E-state index >= 15 is 0 Å². The summed E-state index contributed by atoms with van der Waals surface area (Å²) in [5.74, 6) is 1.02. The van der Waals surface area contributed by atoms with E-state index in [-0.39, 0.29) is 22.7 Å². The maximum absolute atomic E-state index is 13.1. The quantitative estimate of drug-likeness (QED) is 0.697. The number of aliphatic carboxylic acids is 1. The highest BCUT2D eigenvalue weighted by Gasteiger charge is 2.63. The van der Waals surface area contributed by atoms with Crippen LogP contribution in [0.1, 0.15) is 86.0 Å². The Morgan fingerprint density at radius 2 is 1.86 bits per heavy atom. The molecule has 0 aromatic carbocycles. The maximum Gasteiger partial charge on any atom is 0.309 e. The summed E-state index contributed by atoms with van der Waals surface area (Å²) in [5.41, 5.74) is 2.03. The predicted octanol–water partition coefficient (Wildman–Crippen LogP) is 5.28. The van der Waals surface area contributed by atoms with Crippen LogP contribution in [0.4, 0.5) is 0 Å². The molecule has 1 heterocycles. The Kier molecular flexibility index (Phi) is 4.94. The van der Waals surface area contributed by atoms with Crippen molar-refractivity contribution in [3.63, 3.8) is 0 Å². The molecule has 5 atom stereocenters. The minimum Gasteiger partial charge on any atom is -0.481 e. The second kappa shape index (κ2) is 6.85. The number of carbonyl (C=O) groups excluding carboxylic acids is 1. The van der Waals surface area contributed by atoms with Crippen molar-refractivity contribution in [3.05, 3.63) is 11.1 Å². The van der Waals surface area contributed by atoms with E-state index in [4.69, 9.17) is 0 Å². The summed E-state index contributed by atoms with van der Waals surface area (Å²) < 4.78 is 0. The van der Waals surface area contributed by atoms with Gasteiger partial charge in [0.2, 0.25) is 5.91 Å². The normalized spacial score (nSPS) is 42.0. The summed E-state index contributed by atoms with van der Waals surface area (Å²) in [7, 11) is 0. The van der Waals surface area contributed by atoms with Crippen LogP contribution in [0.25, 0.3) is 0 Å². The van der Waals surface area contributed by atoms with E-state index in [1.807, 2.05) is 6.92 Å². The van der Waals surface area contributed by atoms with Crippen molar-refractivity contribution in [1.29, 1.82) is 0 Å². The van der Waals surface area contributed by atoms with Crippen molar-refractivity contribution in [2.24, 2.45) is 34.0 Å². The molecule has 0 bridgehead atoms. The van der Waals surface area contributed by atoms with Crippen LogP contribution in [-0.2, 0) is 9.59 Å². The van der Waals surface area contributed by atoms with Crippen molar-refractivity contribution in [1.82, 2.24) is 4.90 Å². The smallest absolute Gasteiger partial charge is 0.309 e. The fraction of sp³-hybridized carbons (Fsp3) is 0.840. The molecule has 4 heteroatoms. The molecular formula is C25H39NO3. The van der Waals surface area contributed by atoms with E-state index in [0.717, 1.165) is 70.0 Å². The predicted molar refractivity (Wildman–Crippen MR) is 114 cm³/mol. The number of rotatable bonds is 4. The monoisotopic (exact) mass is 401 g/mol. The Hall–Kier alpha value is -1.32. The van der Waals surface area contributed by atoms with Crippen molar-refractivity contribution < 1.29 is 14.7 Å². The molecular weight excluding hydrogens is 362 g/mol. The third-order valence-electron chi connectivity index (χ3n) is 9.59. The Labute approximate surface area is 176 Å². The van der Waals surface area contributed by atoms with Crippen molar-refractivity contribution in [2.45, 2.75) is 86.0 Å². The first-order chi connectivity index (χ1) is 13.5. The molecule has 1 aliphatic heterocycles. The molecule has 4 nitrogen and oxygen atoms in total. The Balaban J connectivity index is 1.65. The SMILES string of the molecule is CC(C)CCN1CC2=C(CC[C@@H]3[C@@]4(C)CCC[C@](C)(C(=O)O)[C@@H]4CC[C@@]23C)C1=O. The molecule has 162 valence electrons. The molecule has 0 aromatic heterocycles. The lowest BCUT2D eigenvalue weighted by molar-refractivity contribution is -0.175. The van der Waals surface area contributed by atoms with Crippen LogP contribution in [0.2, 0.25) is 0 Å². The van der Waals surface area contributed by atoms with Gasteiger partial charge in [0.05, 0.1) is 5.41 Å². The van der Waals surface area contributed by atoms with Gasteiger partial charge in [-0.15, -0.1) is 0 Å². The Morgan fingerprint density at radius 3 is 2.52 bits per heavy atom. The van der Waals surface area contributed by atoms with Crippen LogP contribution in [0, 0.1) is 34.0 Å². The molecule has 1 N–H and O–H groups in total. The lowest BCUT2D eigenvalue weighted by Crippen LogP contribution is -2.58. The molecule has 0 radical (unpaired) electrons. The minimum atomic E-state index is -0.608. The van der Waals surface area contributed by atoms with Gasteiger partial charge < -0.3 is 10.0 Å². The highest BCUT2D eigenvalue weighted by atomic mass is 16.4. The van der Waals surface area contributed by atoms with E-state index in [1.165, 1.54) is 5.57 Å². The van der Waals surface area contributed by atoms with Crippen LogP contribution in [0.15, 0.2) is 11.1 Å². The minimum absolute atomic E-state index is 0.0534. The topological polar surface area (TPSA) is 57.6 Å². The van der Waals surface area contributed by atoms with E-state index in [0.29, 0.717) is 11.8 Å². The Bertz CT molecular complexity index is 755. The molecule has 4 aliphatic rings. The Morgan fingerprint density at radius 1 is 1.14 bits per heavy atom. The first kappa shape index (κ1) is 20.9. The van der Waals surface area contributed by atoms with E-state index in [2.05, 4.69) is 32.6 Å². The maximum atomic E-state index is 13.1. The third kappa shape index (κ3) is 2.91. The zero-order valence-electron chi connectivity index (χ0n) is 19.0. The summed E-state index contributed by atoms with van der Waals surface area (Å²) in [6.07, 6.45) is 7.95. The third-order valence-corrected chi connectivity index (χ3v) is 9.59. The van der Waals surface area contributed by atoms with Gasteiger partial charge >= 0.3 is 5.97 Å². The van der Waals surface area contributed by atoms with E-state index in [9.17, 15) is 14.7 Å². The standard InChI is InChI=1S/C25H39NO3/c1-16(2)10-14-26-15-18-17(21(26)27)7-8-19-23(18,3)13-9-20-24(19,4)11-6-12-25(20,5)22(28)29/h16,19-20H,6-15H2,1-5H3,(H,28,29)/t19-,20+,23-,24+,25-/m0/s1. The summed E-state index contributed by atoms with van der Waals surface area (Å²) in [6.45, 7) is 12.9. The van der Waals surface area contributed by atoms with Crippen molar-refractivity contribution >= 4 is 11.9 Å². The van der Waals surface area contributed by atoms with E-state index < -0.39 is 11.4 Å². The summed E-state index contributed by atoms with van der Waals surface area (Å²) >= 11 is 0. The fourth-order valence-corrected chi connectivity index (χ4v) is 7.93. The van der Waals surface area contributed by atoms with Gasteiger partial charge in [-0.2, -0.15) is 0 Å². The lowest BCUT2D eigenvalue weighted by atomic mass is 9.40. The molecule has 3 aliphatic carbocycles. The van der Waals surface area contributed by atoms with Gasteiger partial charge in [0, 0.05) is 18.7 Å². The van der Waals surface area contributed by atoms with Gasteiger partial charge in [-0.1, -0.05) is 34.1 Å². The number of fused-ring (bicyclic) bond motifs is 4. The molecule has 1 amide bonds. The number of amides is 1. The van der Waals surface area contributed by atoms with Crippen LogP contribution in [-0.4, -0.2) is 35.0 Å². The average Bonchev–Trinajstić information content (AvgIpc) is 2.96. The second-order valence-electron chi connectivity index (χ2n) is 11.5. The summed E-state index contributed by atoms with van der Waals surface area (Å²) in [4.78, 5) is 27.5. The van der Waals surface area contributed by atoms with Crippen molar-refractivity contribution in [2.75, 3.05) is 13.1 Å². The zero-order chi connectivity index (χ0) is 21.2. The first-order valence-corrected chi connectivity index (χ1v) is 11.8. The number of nitrogens with zero attached hydrogens (tertiary/aromatic N) is 1. The summed E-state index contributed by atoms with van der Waals surface area (Å²) in [5, 5.41) is 10.1. The molecule has 2 fully saturated rings. The van der Waals surface area contributed by atoms with Crippen LogP contribution >= 0.6 is 0 Å². The van der Waals surface area contributed by atoms with Gasteiger partial charge in [0.15, 0.2) is 0 Å². The highest BCUT2D eigenvalue weighted by Crippen LogP contribution is 2.68. The number of carbonyl (C=O) groups is 2. The summed E-state index contributed by atoms with van der Waals surface area (Å²) in [6, 6.07) is 0. The van der Waals surface area contributed by atoms with Gasteiger partial charge in [0.25, 0.3) is 0 Å². The lowest BCUT2D eigenvalue weighted by Gasteiger charge is -2.63. The van der Waals surface area contributed by atoms with Gasteiger partial charge in [0.1, 0.15) is 0 Å². The molecule has 0 unspecified atom stereocenters. The molecule has 0 aromatic rings. The van der Waals surface area contributed by atoms with E-state index in [1.54, 1.807) is 0 Å². The van der Waals surface area contributed by atoms with Crippen LogP contribution in [0.5, 0.6) is 0 Å². The first-order valence-electron chi connectivity index (χ1n) is 11.8. The molecule has 0 saturated heterocycles. The molecule has 29 heavy (non-hydrogen) atoms. The average molecular weight is 402 g/mol. The number of carboxylic acid groups (broad SMARTS) is 1. The second-order valence-corrected chi connectivity index (χ2v) is 11.5. The number of carboxylic acids is 1. The highest BCUT2D eigenvalue weighted by molar-refractivity contribution is 5.97. The van der Waals surface area contributed by atoms with Gasteiger partial charge in [-0.3, -0.25) is 9.59 Å². The van der Waals surface area contributed by atoms with Gasteiger partial charge in [-0.05, 0) is 86.0 Å². The van der Waals surface area contributed by atoms with Crippen molar-refractivity contribution in [3.8, 4) is 0 Å². The van der Waals surface area contributed by atoms with Crippen LogP contribution < -0.4 is 0 Å². The van der Waals surface area contributed by atoms with Gasteiger partial charge in [-0.25, -0.2) is 0 Å². The molecule has 0 spiro atoms. The largest absolute Gasteiger partial charge is 0.481 e. The zero-order valence-corrected chi connectivity index (χ0v) is 19.0.